The number of rotatable bonds is 26. The minimum atomic E-state index is -1.75. The third kappa shape index (κ3) is 29.1. The van der Waals surface area contributed by atoms with E-state index in [1.807, 2.05) is 6.92 Å². The Labute approximate surface area is 325 Å². The Morgan fingerprint density at radius 1 is 0.605 bits per heavy atom. The molecule has 43 heavy (non-hydrogen) atoms. The number of esters is 1. The van der Waals surface area contributed by atoms with Crippen molar-refractivity contribution in [3.8, 4) is 0 Å². The number of hydrogen-bond acceptors (Lipinski definition) is 17. The summed E-state index contributed by atoms with van der Waals surface area (Å²) in [5.41, 5.74) is 0. The molecule has 0 N–H and O–H groups in total. The van der Waals surface area contributed by atoms with Crippen LogP contribution in [0.5, 0.6) is 0 Å². The molecule has 0 rings (SSSR count). The molecule has 1 atom stereocenters. The first-order valence-electron chi connectivity index (χ1n) is 12.4. The van der Waals surface area contributed by atoms with Crippen molar-refractivity contribution in [3.05, 3.63) is 0 Å². The number of carbonyl (C=O) groups excluding carboxylic acids is 6. The van der Waals surface area contributed by atoms with Gasteiger partial charge in [0, 0.05) is 59.0 Å². The molecule has 17 nitrogen and oxygen atoms in total. The number of carboxylic acid groups (broad SMARTS) is 5. The van der Waals surface area contributed by atoms with Gasteiger partial charge in [0.1, 0.15) is 6.61 Å². The molecule has 0 bridgehead atoms. The topological polar surface area (TPSA) is 255 Å². The van der Waals surface area contributed by atoms with Gasteiger partial charge in [0.2, 0.25) is 0 Å². The van der Waals surface area contributed by atoms with Crippen molar-refractivity contribution in [1.29, 1.82) is 0 Å². The number of nitrogens with zero attached hydrogens (tertiary/aromatic N) is 3. The Morgan fingerprint density at radius 2 is 0.977 bits per heavy atom. The fourth-order valence-electron chi connectivity index (χ4n) is 3.38. The Bertz CT molecular complexity index is 771. The van der Waals surface area contributed by atoms with Gasteiger partial charge >= 0.3 is 105 Å². The molecule has 0 heterocycles. The van der Waals surface area contributed by atoms with E-state index in [9.17, 15) is 54.3 Å². The van der Waals surface area contributed by atoms with Crippen molar-refractivity contribution in [2.24, 2.45) is 0 Å². The summed E-state index contributed by atoms with van der Waals surface area (Å²) >= 11 is 0. The number of ether oxygens (including phenoxy) is 3. The second-order valence-corrected chi connectivity index (χ2v) is 8.43. The third-order valence-electron chi connectivity index (χ3n) is 5.10. The Hall–Kier alpha value is -0.0553. The van der Waals surface area contributed by atoms with E-state index >= 15 is 0 Å². The molecule has 235 valence electrons. The van der Waals surface area contributed by atoms with Crippen molar-refractivity contribution in [1.82, 2.24) is 14.7 Å². The predicted octanol–water partition coefficient (Wildman–Crippen LogP) is -14.6. The normalized spacial score (nSPS) is 11.2. The largest absolute Gasteiger partial charge is 3.00 e. The molecular weight excluding hydrogens is 745 g/mol. The summed E-state index contributed by atoms with van der Waals surface area (Å²) in [7, 11) is 0. The van der Waals surface area contributed by atoms with Gasteiger partial charge in [-0.15, -0.1) is 0 Å². The summed E-state index contributed by atoms with van der Waals surface area (Å²) in [5.74, 6) is -9.21. The molecule has 20 heteroatoms. The monoisotopic (exact) mass is 780 g/mol. The maximum Gasteiger partial charge on any atom is 3.00 e. The minimum absolute atomic E-state index is 0. The molecule has 0 amide bonds. The quantitative estimate of drug-likeness (QED) is 0.0449. The van der Waals surface area contributed by atoms with Crippen LogP contribution in [0.3, 0.4) is 0 Å². The van der Waals surface area contributed by atoms with Gasteiger partial charge in [-0.2, -0.15) is 0 Å². The molecule has 0 aliphatic carbocycles. The molecule has 0 aromatic carbocycles. The van der Waals surface area contributed by atoms with E-state index in [1.165, 1.54) is 0 Å². The van der Waals surface area contributed by atoms with E-state index in [4.69, 9.17) is 14.2 Å². The van der Waals surface area contributed by atoms with Gasteiger partial charge in [-0.05, 0) is 6.42 Å². The third-order valence-corrected chi connectivity index (χ3v) is 5.10. The zero-order valence-electron chi connectivity index (χ0n) is 24.6. The maximum atomic E-state index is 12.3. The number of aliphatic carboxylic acids is 5. The van der Waals surface area contributed by atoms with Crippen LogP contribution in [0.2, 0.25) is 0 Å². The summed E-state index contributed by atoms with van der Waals surface area (Å²) in [6, 6.07) is -1.70. The van der Waals surface area contributed by atoms with Crippen molar-refractivity contribution < 1.29 is 168 Å². The second-order valence-electron chi connectivity index (χ2n) is 8.43. The fourth-order valence-corrected chi connectivity index (χ4v) is 3.38. The SMILES string of the molecule is CCCOCCOCCOC(=O)CC(C(=O)[O-])N(CCN(CC(=O)[O-])CC(=O)[O-])CCN(CC(=O)[O-])CC(=O)[O-].[Gd+3].[Na+].[Na+]. The van der Waals surface area contributed by atoms with Crippen molar-refractivity contribution in [2.75, 3.05) is 85.4 Å². The van der Waals surface area contributed by atoms with E-state index in [0.29, 0.717) is 13.2 Å². The summed E-state index contributed by atoms with van der Waals surface area (Å²) in [6.45, 7) is -1.94. The zero-order chi connectivity index (χ0) is 30.5. The fraction of sp³-hybridized carbons (Fsp3) is 0.739. The Balaban J connectivity index is -0.00000253. The van der Waals surface area contributed by atoms with E-state index in [0.717, 1.165) is 21.1 Å². The summed E-state index contributed by atoms with van der Waals surface area (Å²) in [6.07, 6.45) is 0.0786. The first-order chi connectivity index (χ1) is 18.8. The minimum Gasteiger partial charge on any atom is -0.549 e. The van der Waals surface area contributed by atoms with Gasteiger partial charge in [-0.3, -0.25) is 19.5 Å². The first kappa shape index (κ1) is 49.8. The average Bonchev–Trinajstić information content (AvgIpc) is 2.82. The smallest absolute Gasteiger partial charge is 0.549 e. The van der Waals surface area contributed by atoms with Gasteiger partial charge in [-0.1, -0.05) is 6.92 Å². The van der Waals surface area contributed by atoms with Crippen LogP contribution in [0.4, 0.5) is 0 Å². The molecule has 0 aromatic heterocycles. The predicted molar refractivity (Wildman–Crippen MR) is 121 cm³/mol. The van der Waals surface area contributed by atoms with Crippen molar-refractivity contribution in [3.63, 3.8) is 0 Å². The molecule has 0 saturated carbocycles. The second kappa shape index (κ2) is 30.6. The van der Waals surface area contributed by atoms with Gasteiger partial charge in [0.05, 0.1) is 62.1 Å². The summed E-state index contributed by atoms with van der Waals surface area (Å²) in [5, 5.41) is 55.8. The van der Waals surface area contributed by atoms with Gasteiger partial charge in [0.15, 0.2) is 0 Å². The van der Waals surface area contributed by atoms with Crippen LogP contribution in [0.25, 0.3) is 0 Å². The molecule has 0 aliphatic heterocycles. The molecule has 0 saturated heterocycles. The van der Waals surface area contributed by atoms with E-state index < -0.39 is 74.5 Å². The van der Waals surface area contributed by atoms with Gasteiger partial charge in [0.25, 0.3) is 0 Å². The summed E-state index contributed by atoms with van der Waals surface area (Å²) < 4.78 is 15.4. The molecule has 0 fully saturated rings. The van der Waals surface area contributed by atoms with Crippen LogP contribution < -0.4 is 84.6 Å². The molecular formula is C23H34GdN3Na2O14. The van der Waals surface area contributed by atoms with E-state index in [1.54, 1.807) is 0 Å². The Kier molecular flexibility index (Phi) is 35.4. The number of carbonyl (C=O) groups is 6. The van der Waals surface area contributed by atoms with E-state index in [-0.39, 0.29) is 145 Å². The van der Waals surface area contributed by atoms with Crippen LogP contribution in [-0.4, -0.2) is 142 Å². The van der Waals surface area contributed by atoms with Crippen molar-refractivity contribution >= 4 is 35.8 Å². The number of carboxylic acids is 5. The molecule has 0 aromatic rings. The molecule has 1 radical (unpaired) electrons. The van der Waals surface area contributed by atoms with Crippen LogP contribution in [-0.2, 0) is 43.0 Å². The van der Waals surface area contributed by atoms with E-state index in [2.05, 4.69) is 0 Å². The first-order valence-corrected chi connectivity index (χ1v) is 12.4. The molecule has 0 spiro atoms. The van der Waals surface area contributed by atoms with Crippen LogP contribution in [0, 0.1) is 39.9 Å². The van der Waals surface area contributed by atoms with Crippen LogP contribution in [0.15, 0.2) is 0 Å². The summed E-state index contributed by atoms with van der Waals surface area (Å²) in [4.78, 5) is 70.9. The van der Waals surface area contributed by atoms with Crippen molar-refractivity contribution in [2.45, 2.75) is 25.8 Å². The number of hydrogen-bond donors (Lipinski definition) is 0. The standard InChI is InChI=1S/C23H39N3O14.Gd.2Na/c1-2-7-38-8-9-39-10-11-40-22(35)12-17(23(36)37)26(5-3-24(13-18(27)28)14-19(29)30)6-4-25(15-20(31)32)16-21(33)34;;;/h17H,2-16H2,1H3,(H,27,28)(H,29,30)(H,31,32)(H,33,34)(H,36,37);;;/q;+3;2*+1/p-5. The van der Waals surface area contributed by atoms with Crippen LogP contribution in [0.1, 0.15) is 19.8 Å². The van der Waals surface area contributed by atoms with Gasteiger partial charge in [-0.25, -0.2) is 0 Å². The maximum absolute atomic E-state index is 12.3. The molecule has 1 unspecified atom stereocenters. The Morgan fingerprint density at radius 3 is 1.33 bits per heavy atom. The average molecular weight is 780 g/mol. The van der Waals surface area contributed by atoms with Gasteiger partial charge < -0.3 is 63.7 Å². The zero-order valence-corrected chi connectivity index (χ0v) is 30.9. The molecule has 0 aliphatic rings. The van der Waals surface area contributed by atoms with Crippen LogP contribution >= 0.6 is 0 Å².